The van der Waals surface area contributed by atoms with Gasteiger partial charge in [-0.15, -0.1) is 0 Å². The molecule has 2 heterocycles. The molecule has 5 nitrogen and oxygen atoms in total. The number of hydrogen-bond donors (Lipinski definition) is 1. The molecule has 1 aliphatic carbocycles. The number of allylic oxidation sites excluding steroid dienone is 2. The fraction of sp³-hybridized carbons (Fsp3) is 0.300. The van der Waals surface area contributed by atoms with Crippen LogP contribution in [0.15, 0.2) is 18.5 Å². The third kappa shape index (κ3) is 1.06. The molecule has 0 amide bonds. The maximum absolute atomic E-state index is 5.80. The average molecular weight is 201 g/mol. The molecule has 5 heteroatoms. The topological polar surface area (TPSA) is 69.1 Å². The number of aryl methyl sites for hydroxylation is 1. The Morgan fingerprint density at radius 3 is 3.00 bits per heavy atom. The summed E-state index contributed by atoms with van der Waals surface area (Å²) in [4.78, 5) is 8.47. The lowest BCUT2D eigenvalue weighted by Gasteiger charge is -2.15. The second-order valence-corrected chi connectivity index (χ2v) is 3.73. The number of imidazole rings is 1. The Balaban J connectivity index is 2.32. The summed E-state index contributed by atoms with van der Waals surface area (Å²) in [7, 11) is 0. The number of aromatic nitrogens is 4. The van der Waals surface area contributed by atoms with Crippen LogP contribution in [0.5, 0.6) is 0 Å². The lowest BCUT2D eigenvalue weighted by Crippen LogP contribution is -2.09. The first-order chi connectivity index (χ1) is 7.27. The van der Waals surface area contributed by atoms with E-state index in [1.165, 1.54) is 6.33 Å². The van der Waals surface area contributed by atoms with Gasteiger partial charge in [-0.3, -0.25) is 0 Å². The first-order valence-electron chi connectivity index (χ1n) is 4.89. The van der Waals surface area contributed by atoms with Gasteiger partial charge in [0.25, 0.3) is 0 Å². The number of hydrogen-bond acceptors (Lipinski definition) is 4. The summed E-state index contributed by atoms with van der Waals surface area (Å²) in [5.41, 5.74) is 7.52. The molecule has 0 aliphatic heterocycles. The van der Waals surface area contributed by atoms with Crippen LogP contribution in [0.1, 0.15) is 23.9 Å². The second kappa shape index (κ2) is 2.79. The minimum absolute atomic E-state index is 0.375. The fourth-order valence-corrected chi connectivity index (χ4v) is 1.86. The number of anilines is 1. The van der Waals surface area contributed by atoms with Gasteiger partial charge in [0.1, 0.15) is 17.7 Å². The molecule has 0 aromatic carbocycles. The first-order valence-corrected chi connectivity index (χ1v) is 4.89. The Morgan fingerprint density at radius 1 is 1.53 bits per heavy atom. The molecule has 0 radical (unpaired) electrons. The van der Waals surface area contributed by atoms with Crippen molar-refractivity contribution in [2.75, 3.05) is 5.73 Å². The molecule has 15 heavy (non-hydrogen) atoms. The second-order valence-electron chi connectivity index (χ2n) is 3.73. The van der Waals surface area contributed by atoms with E-state index < -0.39 is 0 Å². The minimum atomic E-state index is 0.375. The Kier molecular flexibility index (Phi) is 1.56. The van der Waals surface area contributed by atoms with E-state index in [2.05, 4.69) is 27.2 Å². The number of fused-ring (bicyclic) bond motifs is 1. The smallest absolute Gasteiger partial charge is 0.153 e. The predicted octanol–water partition coefficient (Wildman–Crippen LogP) is 1.06. The summed E-state index contributed by atoms with van der Waals surface area (Å²) in [5, 5.41) is 4.19. The van der Waals surface area contributed by atoms with Crippen LogP contribution in [-0.4, -0.2) is 19.6 Å². The van der Waals surface area contributed by atoms with Crippen molar-refractivity contribution in [2.45, 2.75) is 19.3 Å². The molecule has 0 bridgehead atoms. The monoisotopic (exact) mass is 201 g/mol. The van der Waals surface area contributed by atoms with E-state index in [1.54, 1.807) is 4.52 Å². The summed E-state index contributed by atoms with van der Waals surface area (Å²) in [6.07, 6.45) is 6.76. The van der Waals surface area contributed by atoms with Crippen LogP contribution in [0.2, 0.25) is 0 Å². The largest absolute Gasteiger partial charge is 0.382 e. The lowest BCUT2D eigenvalue weighted by atomic mass is 9.95. The number of nitrogens with two attached hydrogens (primary N) is 1. The van der Waals surface area contributed by atoms with Gasteiger partial charge in [-0.05, 0) is 13.3 Å². The highest BCUT2D eigenvalue weighted by Gasteiger charge is 2.21. The predicted molar refractivity (Wildman–Crippen MR) is 56.4 cm³/mol. The van der Waals surface area contributed by atoms with E-state index in [1.807, 2.05) is 6.92 Å². The van der Waals surface area contributed by atoms with E-state index in [9.17, 15) is 0 Å². The summed E-state index contributed by atoms with van der Waals surface area (Å²) < 4.78 is 1.80. The Morgan fingerprint density at radius 2 is 2.33 bits per heavy atom. The van der Waals surface area contributed by atoms with Crippen molar-refractivity contribution in [3.63, 3.8) is 0 Å². The molecule has 0 fully saturated rings. The third-order valence-corrected chi connectivity index (χ3v) is 2.75. The Labute approximate surface area is 86.6 Å². The van der Waals surface area contributed by atoms with Gasteiger partial charge in [-0.1, -0.05) is 12.2 Å². The zero-order valence-electron chi connectivity index (χ0n) is 8.38. The van der Waals surface area contributed by atoms with Crippen LogP contribution in [0.25, 0.3) is 5.52 Å². The number of rotatable bonds is 1. The van der Waals surface area contributed by atoms with Crippen LogP contribution in [0.3, 0.4) is 0 Å². The van der Waals surface area contributed by atoms with Crippen LogP contribution in [-0.2, 0) is 0 Å². The first kappa shape index (κ1) is 8.40. The van der Waals surface area contributed by atoms with Crippen molar-refractivity contribution < 1.29 is 0 Å². The van der Waals surface area contributed by atoms with Crippen molar-refractivity contribution in [3.05, 3.63) is 30.0 Å². The Hall–Kier alpha value is -1.91. The molecule has 0 saturated heterocycles. The van der Waals surface area contributed by atoms with E-state index in [0.29, 0.717) is 11.7 Å². The van der Waals surface area contributed by atoms with E-state index in [4.69, 9.17) is 5.73 Å². The molecule has 0 saturated carbocycles. The van der Waals surface area contributed by atoms with Gasteiger partial charge >= 0.3 is 0 Å². The number of nitrogen functional groups attached to an aromatic ring is 1. The molecule has 1 unspecified atom stereocenters. The van der Waals surface area contributed by atoms with Crippen LogP contribution in [0, 0.1) is 6.92 Å². The van der Waals surface area contributed by atoms with Crippen molar-refractivity contribution in [1.29, 1.82) is 0 Å². The normalized spacial score (nSPS) is 19.4. The summed E-state index contributed by atoms with van der Waals surface area (Å²) in [6, 6.07) is 0. The van der Waals surface area contributed by atoms with Crippen molar-refractivity contribution >= 4 is 11.3 Å². The molecule has 3 rings (SSSR count). The van der Waals surface area contributed by atoms with Crippen LogP contribution in [0.4, 0.5) is 5.82 Å². The van der Waals surface area contributed by atoms with Crippen molar-refractivity contribution in [2.24, 2.45) is 0 Å². The van der Waals surface area contributed by atoms with Crippen molar-refractivity contribution in [3.8, 4) is 0 Å². The van der Waals surface area contributed by atoms with Gasteiger partial charge < -0.3 is 5.73 Å². The third-order valence-electron chi connectivity index (χ3n) is 2.75. The minimum Gasteiger partial charge on any atom is -0.382 e. The molecule has 1 aliphatic rings. The van der Waals surface area contributed by atoms with Gasteiger partial charge in [0, 0.05) is 5.92 Å². The molecule has 2 N–H and O–H groups in total. The summed E-state index contributed by atoms with van der Waals surface area (Å²) in [5.74, 6) is 1.82. The van der Waals surface area contributed by atoms with Gasteiger partial charge in [-0.2, -0.15) is 5.10 Å². The quantitative estimate of drug-likeness (QED) is 0.700. The summed E-state index contributed by atoms with van der Waals surface area (Å²) >= 11 is 0. The molecule has 0 spiro atoms. The van der Waals surface area contributed by atoms with Gasteiger partial charge in [0.05, 0.1) is 5.69 Å². The van der Waals surface area contributed by atoms with Crippen molar-refractivity contribution in [1.82, 2.24) is 19.6 Å². The lowest BCUT2D eigenvalue weighted by molar-refractivity contribution is 0.688. The zero-order valence-corrected chi connectivity index (χ0v) is 8.38. The van der Waals surface area contributed by atoms with E-state index in [-0.39, 0.29) is 0 Å². The maximum atomic E-state index is 5.80. The van der Waals surface area contributed by atoms with Gasteiger partial charge in [0.2, 0.25) is 0 Å². The highest BCUT2D eigenvalue weighted by molar-refractivity contribution is 5.68. The SMILES string of the molecule is Cc1nc(C2C=CC2)n2ncnc(N)c12. The average Bonchev–Trinajstić information content (AvgIpc) is 2.43. The zero-order chi connectivity index (χ0) is 10.4. The van der Waals surface area contributed by atoms with Crippen LogP contribution >= 0.6 is 0 Å². The fourth-order valence-electron chi connectivity index (χ4n) is 1.86. The molecule has 76 valence electrons. The molecule has 2 aromatic heterocycles. The highest BCUT2D eigenvalue weighted by Crippen LogP contribution is 2.29. The van der Waals surface area contributed by atoms with Gasteiger partial charge in [-0.25, -0.2) is 14.5 Å². The number of nitrogens with zero attached hydrogens (tertiary/aromatic N) is 4. The highest BCUT2D eigenvalue weighted by atomic mass is 15.3. The standard InChI is InChI=1S/C10H11N5/c1-6-8-9(11)12-5-13-15(8)10(14-6)7-3-2-4-7/h2-3,5,7H,4H2,1H3,(H2,11,12,13). The molecular formula is C10H11N5. The summed E-state index contributed by atoms with van der Waals surface area (Å²) in [6.45, 7) is 1.93. The van der Waals surface area contributed by atoms with E-state index >= 15 is 0 Å². The Bertz CT molecular complexity index is 554. The molecule has 1 atom stereocenters. The van der Waals surface area contributed by atoms with Gasteiger partial charge in [0.15, 0.2) is 5.82 Å². The van der Waals surface area contributed by atoms with E-state index in [0.717, 1.165) is 23.5 Å². The molecule has 2 aromatic rings. The van der Waals surface area contributed by atoms with Crippen LogP contribution < -0.4 is 5.73 Å². The molecular weight excluding hydrogens is 190 g/mol. The maximum Gasteiger partial charge on any atom is 0.153 e.